The lowest BCUT2D eigenvalue weighted by atomic mass is 9.95. The number of hydrogen-bond acceptors (Lipinski definition) is 6. The van der Waals surface area contributed by atoms with Crippen molar-refractivity contribution in [3.63, 3.8) is 0 Å². The summed E-state index contributed by atoms with van der Waals surface area (Å²) >= 11 is 0. The Hall–Kier alpha value is -1.48. The van der Waals surface area contributed by atoms with Crippen LogP contribution >= 0.6 is 12.4 Å². The molecule has 0 spiro atoms. The standard InChI is InChI=1S/C19H30N4O3S.ClH/c1-11(20-7)10-17-22-18(26-23-17)8-9-21-27(24,25)19-15(5)13(3)12(2)14(4)16(19)6;/h11,20-21H,8-10H2,1-7H3;1H. The van der Waals surface area contributed by atoms with Crippen molar-refractivity contribution in [1.82, 2.24) is 20.2 Å². The molecular weight excluding hydrogens is 400 g/mol. The van der Waals surface area contributed by atoms with E-state index < -0.39 is 10.0 Å². The molecule has 0 radical (unpaired) electrons. The molecular formula is C19H31ClN4O3S. The molecule has 1 aromatic carbocycles. The lowest BCUT2D eigenvalue weighted by Gasteiger charge is -2.18. The van der Waals surface area contributed by atoms with Crippen molar-refractivity contribution in [1.29, 1.82) is 0 Å². The van der Waals surface area contributed by atoms with Crippen LogP contribution < -0.4 is 10.0 Å². The molecule has 0 aliphatic carbocycles. The Morgan fingerprint density at radius 3 is 2.07 bits per heavy atom. The van der Waals surface area contributed by atoms with E-state index >= 15 is 0 Å². The summed E-state index contributed by atoms with van der Waals surface area (Å²) in [5, 5.41) is 7.05. The Balaban J connectivity index is 0.00000392. The van der Waals surface area contributed by atoms with E-state index in [-0.39, 0.29) is 25.0 Å². The van der Waals surface area contributed by atoms with Crippen LogP contribution in [-0.4, -0.2) is 38.2 Å². The molecule has 158 valence electrons. The van der Waals surface area contributed by atoms with E-state index in [1.165, 1.54) is 0 Å². The van der Waals surface area contributed by atoms with Crippen molar-refractivity contribution >= 4 is 22.4 Å². The molecule has 1 unspecified atom stereocenters. The van der Waals surface area contributed by atoms with Crippen LogP contribution in [0.4, 0.5) is 0 Å². The second kappa shape index (κ2) is 9.82. The Bertz CT molecular complexity index is 896. The van der Waals surface area contributed by atoms with Gasteiger partial charge < -0.3 is 9.84 Å². The van der Waals surface area contributed by atoms with Crippen molar-refractivity contribution in [2.45, 2.75) is 65.3 Å². The van der Waals surface area contributed by atoms with Crippen LogP contribution in [0.25, 0.3) is 0 Å². The van der Waals surface area contributed by atoms with E-state index in [0.717, 1.165) is 27.8 Å². The van der Waals surface area contributed by atoms with Gasteiger partial charge in [-0.3, -0.25) is 0 Å². The van der Waals surface area contributed by atoms with Gasteiger partial charge in [-0.05, 0) is 76.4 Å². The largest absolute Gasteiger partial charge is 0.339 e. The molecule has 0 aliphatic rings. The molecule has 1 atom stereocenters. The summed E-state index contributed by atoms with van der Waals surface area (Å²) in [5.41, 5.74) is 4.75. The Kier molecular flexibility index (Phi) is 8.62. The predicted octanol–water partition coefficient (Wildman–Crippen LogP) is 2.70. The van der Waals surface area contributed by atoms with Gasteiger partial charge in [-0.1, -0.05) is 5.16 Å². The van der Waals surface area contributed by atoms with Crippen molar-refractivity contribution in [3.05, 3.63) is 39.5 Å². The minimum atomic E-state index is -3.62. The molecule has 2 N–H and O–H groups in total. The highest BCUT2D eigenvalue weighted by atomic mass is 35.5. The van der Waals surface area contributed by atoms with Gasteiger partial charge in [-0.15, -0.1) is 12.4 Å². The topological polar surface area (TPSA) is 97.1 Å². The molecule has 0 saturated heterocycles. The molecule has 0 aliphatic heterocycles. The van der Waals surface area contributed by atoms with Gasteiger partial charge in [0.25, 0.3) is 0 Å². The second-order valence-electron chi connectivity index (χ2n) is 7.10. The second-order valence-corrected chi connectivity index (χ2v) is 8.80. The predicted molar refractivity (Wildman–Crippen MR) is 113 cm³/mol. The summed E-state index contributed by atoms with van der Waals surface area (Å²) in [6.45, 7) is 11.9. The van der Waals surface area contributed by atoms with Gasteiger partial charge in [-0.25, -0.2) is 13.1 Å². The monoisotopic (exact) mass is 430 g/mol. The molecule has 1 heterocycles. The summed E-state index contributed by atoms with van der Waals surface area (Å²) in [5.74, 6) is 1.05. The number of aromatic nitrogens is 2. The van der Waals surface area contributed by atoms with Gasteiger partial charge in [0.15, 0.2) is 5.82 Å². The highest BCUT2D eigenvalue weighted by molar-refractivity contribution is 7.89. The molecule has 28 heavy (non-hydrogen) atoms. The average Bonchev–Trinajstić information content (AvgIpc) is 3.05. The maximum Gasteiger partial charge on any atom is 0.241 e. The van der Waals surface area contributed by atoms with E-state index in [2.05, 4.69) is 20.2 Å². The molecule has 1 aromatic heterocycles. The van der Waals surface area contributed by atoms with Crippen LogP contribution in [0.3, 0.4) is 0 Å². The van der Waals surface area contributed by atoms with Gasteiger partial charge >= 0.3 is 0 Å². The highest BCUT2D eigenvalue weighted by Crippen LogP contribution is 2.29. The molecule has 0 fully saturated rings. The van der Waals surface area contributed by atoms with Crippen molar-refractivity contribution < 1.29 is 12.9 Å². The molecule has 0 amide bonds. The smallest absolute Gasteiger partial charge is 0.241 e. The number of nitrogens with zero attached hydrogens (tertiary/aromatic N) is 2. The first kappa shape index (κ1) is 24.6. The van der Waals surface area contributed by atoms with Crippen LogP contribution in [-0.2, 0) is 22.9 Å². The third-order valence-electron chi connectivity index (χ3n) is 5.32. The number of likely N-dealkylation sites (N-methyl/N-ethyl adjacent to an activating group) is 1. The molecule has 0 bridgehead atoms. The normalized spacial score (nSPS) is 12.7. The minimum absolute atomic E-state index is 0. The van der Waals surface area contributed by atoms with Crippen LogP contribution in [0.5, 0.6) is 0 Å². The van der Waals surface area contributed by atoms with Crippen LogP contribution in [0.15, 0.2) is 9.42 Å². The summed E-state index contributed by atoms with van der Waals surface area (Å²) in [6.07, 6.45) is 1.01. The minimum Gasteiger partial charge on any atom is -0.339 e. The molecule has 0 saturated carbocycles. The zero-order valence-electron chi connectivity index (χ0n) is 17.6. The quantitative estimate of drug-likeness (QED) is 0.668. The average molecular weight is 431 g/mol. The fourth-order valence-corrected chi connectivity index (χ4v) is 4.71. The number of hydrogen-bond donors (Lipinski definition) is 2. The van der Waals surface area contributed by atoms with Gasteiger partial charge in [0, 0.05) is 25.4 Å². The molecule has 7 nitrogen and oxygen atoms in total. The van der Waals surface area contributed by atoms with Crippen LogP contribution in [0.2, 0.25) is 0 Å². The van der Waals surface area contributed by atoms with Crippen molar-refractivity contribution in [2.24, 2.45) is 0 Å². The van der Waals surface area contributed by atoms with E-state index in [9.17, 15) is 8.42 Å². The summed E-state index contributed by atoms with van der Waals surface area (Å²) in [7, 11) is -1.75. The van der Waals surface area contributed by atoms with Gasteiger partial charge in [-0.2, -0.15) is 4.98 Å². The van der Waals surface area contributed by atoms with E-state index in [1.54, 1.807) is 0 Å². The summed E-state index contributed by atoms with van der Waals surface area (Å²) in [4.78, 5) is 4.69. The first-order chi connectivity index (χ1) is 12.6. The molecule has 2 aromatic rings. The van der Waals surface area contributed by atoms with Gasteiger partial charge in [0.05, 0.1) is 4.90 Å². The fourth-order valence-electron chi connectivity index (χ4n) is 3.08. The Morgan fingerprint density at radius 1 is 1.00 bits per heavy atom. The summed E-state index contributed by atoms with van der Waals surface area (Å²) in [6, 6.07) is 0.243. The van der Waals surface area contributed by atoms with Crippen LogP contribution in [0.1, 0.15) is 46.5 Å². The van der Waals surface area contributed by atoms with Crippen molar-refractivity contribution in [3.8, 4) is 0 Å². The maximum atomic E-state index is 12.9. The van der Waals surface area contributed by atoms with Crippen LogP contribution in [0, 0.1) is 34.6 Å². The Labute approximate surface area is 174 Å². The first-order valence-electron chi connectivity index (χ1n) is 9.13. The number of rotatable bonds is 8. The number of sulfonamides is 1. The molecule has 9 heteroatoms. The lowest BCUT2D eigenvalue weighted by molar-refractivity contribution is 0.371. The SMILES string of the molecule is CNC(C)Cc1noc(CCNS(=O)(=O)c2c(C)c(C)c(C)c(C)c2C)n1.Cl. The Morgan fingerprint density at radius 2 is 1.54 bits per heavy atom. The zero-order valence-corrected chi connectivity index (χ0v) is 19.3. The highest BCUT2D eigenvalue weighted by Gasteiger charge is 2.23. The number of halogens is 1. The number of nitrogens with one attached hydrogen (secondary N) is 2. The lowest BCUT2D eigenvalue weighted by Crippen LogP contribution is -2.28. The van der Waals surface area contributed by atoms with Gasteiger partial charge in [0.1, 0.15) is 0 Å². The number of benzene rings is 1. The third kappa shape index (κ3) is 5.31. The van der Waals surface area contributed by atoms with Crippen molar-refractivity contribution in [2.75, 3.05) is 13.6 Å². The van der Waals surface area contributed by atoms with E-state index in [1.807, 2.05) is 48.6 Å². The maximum absolute atomic E-state index is 12.9. The molecule has 2 rings (SSSR count). The summed E-state index contributed by atoms with van der Waals surface area (Å²) < 4.78 is 33.6. The fraction of sp³-hybridized carbons (Fsp3) is 0.579. The first-order valence-corrected chi connectivity index (χ1v) is 10.6. The zero-order chi connectivity index (χ0) is 20.4. The van der Waals surface area contributed by atoms with Gasteiger partial charge in [0.2, 0.25) is 15.9 Å². The third-order valence-corrected chi connectivity index (χ3v) is 7.06. The van der Waals surface area contributed by atoms with E-state index in [0.29, 0.717) is 29.5 Å². The van der Waals surface area contributed by atoms with E-state index in [4.69, 9.17) is 4.52 Å².